The van der Waals surface area contributed by atoms with Crippen LogP contribution in [0.4, 0.5) is 17.1 Å². The molecule has 0 unspecified atom stereocenters. The maximum Gasteiger partial charge on any atom is 0.228 e. The van der Waals surface area contributed by atoms with Crippen LogP contribution in [0.15, 0.2) is 66.7 Å². The minimum atomic E-state index is 0.101. The number of carbonyl (C=O) groups excluding carboxylic acids is 1. The number of carbonyl (C=O) groups is 1. The molecule has 2 aromatic carbocycles. The van der Waals surface area contributed by atoms with E-state index in [1.165, 1.54) is 9.75 Å². The summed E-state index contributed by atoms with van der Waals surface area (Å²) < 4.78 is 0. The van der Waals surface area contributed by atoms with Crippen LogP contribution in [0.5, 0.6) is 0 Å². The van der Waals surface area contributed by atoms with Crippen molar-refractivity contribution in [2.24, 2.45) is 5.92 Å². The van der Waals surface area contributed by atoms with Gasteiger partial charge in [0.2, 0.25) is 5.91 Å². The first-order valence-corrected chi connectivity index (χ1v) is 9.30. The van der Waals surface area contributed by atoms with Crippen molar-refractivity contribution in [3.8, 4) is 0 Å². The summed E-state index contributed by atoms with van der Waals surface area (Å²) in [5.41, 5.74) is 2.82. The van der Waals surface area contributed by atoms with Gasteiger partial charge < -0.3 is 10.6 Å². The number of thiophene rings is 1. The van der Waals surface area contributed by atoms with Crippen molar-refractivity contribution in [3.63, 3.8) is 0 Å². The molecule has 1 aromatic heterocycles. The Morgan fingerprint density at radius 1 is 0.960 bits per heavy atom. The molecule has 3 aromatic rings. The predicted octanol–water partition coefficient (Wildman–Crippen LogP) is 5.54. The summed E-state index contributed by atoms with van der Waals surface area (Å²) in [5, 5.41) is 6.41. The van der Waals surface area contributed by atoms with E-state index in [9.17, 15) is 4.79 Å². The van der Waals surface area contributed by atoms with Crippen molar-refractivity contribution in [2.45, 2.75) is 19.3 Å². The molecule has 1 amide bonds. The lowest BCUT2D eigenvalue weighted by atomic mass is 10.2. The third-order valence-corrected chi connectivity index (χ3v) is 5.58. The van der Waals surface area contributed by atoms with E-state index in [0.29, 0.717) is 5.92 Å². The molecule has 0 saturated heterocycles. The monoisotopic (exact) mass is 348 g/mol. The van der Waals surface area contributed by atoms with Gasteiger partial charge in [0, 0.05) is 38.7 Å². The average molecular weight is 348 g/mol. The molecule has 1 saturated carbocycles. The zero-order valence-electron chi connectivity index (χ0n) is 14.0. The molecule has 1 fully saturated rings. The van der Waals surface area contributed by atoms with E-state index < -0.39 is 0 Å². The molecule has 4 rings (SSSR count). The van der Waals surface area contributed by atoms with Crippen molar-refractivity contribution in [2.75, 3.05) is 10.6 Å². The van der Waals surface area contributed by atoms with E-state index in [1.807, 2.05) is 54.6 Å². The van der Waals surface area contributed by atoms with Gasteiger partial charge in [-0.2, -0.15) is 0 Å². The van der Waals surface area contributed by atoms with Gasteiger partial charge in [0.05, 0.1) is 0 Å². The molecule has 0 radical (unpaired) electrons. The summed E-state index contributed by atoms with van der Waals surface area (Å²) >= 11 is 1.80. The van der Waals surface area contributed by atoms with E-state index in [0.717, 1.165) is 23.5 Å². The zero-order chi connectivity index (χ0) is 17.2. The first-order chi connectivity index (χ1) is 12.2. The fourth-order valence-corrected chi connectivity index (χ4v) is 4.11. The van der Waals surface area contributed by atoms with Gasteiger partial charge in [-0.05, 0) is 55.8 Å². The molecule has 2 atom stereocenters. The van der Waals surface area contributed by atoms with Gasteiger partial charge in [-0.3, -0.25) is 4.79 Å². The number of benzene rings is 2. The third kappa shape index (κ3) is 3.74. The summed E-state index contributed by atoms with van der Waals surface area (Å²) in [5.74, 6) is 0.612. The summed E-state index contributed by atoms with van der Waals surface area (Å²) in [6.45, 7) is 2.11. The Morgan fingerprint density at radius 2 is 1.72 bits per heavy atom. The number of aryl methyl sites for hydroxylation is 1. The minimum Gasteiger partial charge on any atom is -0.355 e. The SMILES string of the molecule is Cc1ccc([C@@H]2C[C@@H]2C(=O)Nc2cccc(Nc3ccccc3)c2)s1. The fraction of sp³-hybridized carbons (Fsp3) is 0.190. The van der Waals surface area contributed by atoms with E-state index in [1.54, 1.807) is 11.3 Å². The minimum absolute atomic E-state index is 0.101. The highest BCUT2D eigenvalue weighted by molar-refractivity contribution is 7.12. The second-order valence-corrected chi connectivity index (χ2v) is 7.78. The molecule has 0 aliphatic heterocycles. The third-order valence-electron chi connectivity index (χ3n) is 4.45. The molecular weight excluding hydrogens is 328 g/mol. The molecule has 2 N–H and O–H groups in total. The number of rotatable bonds is 5. The van der Waals surface area contributed by atoms with Crippen LogP contribution in [0.25, 0.3) is 0 Å². The highest BCUT2D eigenvalue weighted by Crippen LogP contribution is 2.50. The Hall–Kier alpha value is -2.59. The molecule has 126 valence electrons. The van der Waals surface area contributed by atoms with Crippen molar-refractivity contribution in [1.82, 2.24) is 0 Å². The molecule has 1 aliphatic rings. The fourth-order valence-electron chi connectivity index (χ4n) is 3.05. The van der Waals surface area contributed by atoms with Crippen molar-refractivity contribution in [3.05, 3.63) is 76.5 Å². The Morgan fingerprint density at radius 3 is 2.48 bits per heavy atom. The summed E-state index contributed by atoms with van der Waals surface area (Å²) in [6, 6.07) is 22.1. The van der Waals surface area contributed by atoms with Crippen LogP contribution in [0.3, 0.4) is 0 Å². The molecule has 1 aliphatic carbocycles. The lowest BCUT2D eigenvalue weighted by molar-refractivity contribution is -0.117. The quantitative estimate of drug-likeness (QED) is 0.635. The van der Waals surface area contributed by atoms with Crippen LogP contribution in [-0.2, 0) is 4.79 Å². The average Bonchev–Trinajstić information content (AvgIpc) is 3.31. The smallest absolute Gasteiger partial charge is 0.228 e. The van der Waals surface area contributed by atoms with Crippen LogP contribution in [0.2, 0.25) is 0 Å². The maximum absolute atomic E-state index is 12.5. The Bertz CT molecular complexity index is 888. The van der Waals surface area contributed by atoms with E-state index >= 15 is 0 Å². The normalized spacial score (nSPS) is 18.6. The summed E-state index contributed by atoms with van der Waals surface area (Å²) in [6.07, 6.45) is 0.952. The number of hydrogen-bond donors (Lipinski definition) is 2. The van der Waals surface area contributed by atoms with Gasteiger partial charge in [-0.15, -0.1) is 11.3 Å². The molecule has 0 spiro atoms. The first-order valence-electron chi connectivity index (χ1n) is 8.48. The zero-order valence-corrected chi connectivity index (χ0v) is 14.8. The molecule has 0 bridgehead atoms. The lowest BCUT2D eigenvalue weighted by Gasteiger charge is -2.09. The van der Waals surface area contributed by atoms with E-state index in [-0.39, 0.29) is 11.8 Å². The van der Waals surface area contributed by atoms with Crippen LogP contribution in [0, 0.1) is 12.8 Å². The standard InChI is InChI=1S/C21H20N2OS/c1-14-10-11-20(25-14)18-13-19(18)21(24)23-17-9-5-8-16(12-17)22-15-6-3-2-4-7-15/h2-12,18-19,22H,13H2,1H3,(H,23,24)/t18-,19+/m1/s1. The lowest BCUT2D eigenvalue weighted by Crippen LogP contribution is -2.14. The van der Waals surface area contributed by atoms with E-state index in [4.69, 9.17) is 0 Å². The number of para-hydroxylation sites is 1. The van der Waals surface area contributed by atoms with Gasteiger partial charge in [0.15, 0.2) is 0 Å². The number of hydrogen-bond acceptors (Lipinski definition) is 3. The van der Waals surface area contributed by atoms with Gasteiger partial charge in [0.1, 0.15) is 0 Å². The van der Waals surface area contributed by atoms with Gasteiger partial charge in [-0.25, -0.2) is 0 Å². The number of nitrogens with one attached hydrogen (secondary N) is 2. The highest BCUT2D eigenvalue weighted by atomic mass is 32.1. The van der Waals surface area contributed by atoms with Crippen molar-refractivity contribution < 1.29 is 4.79 Å². The molecule has 25 heavy (non-hydrogen) atoms. The molecule has 1 heterocycles. The topological polar surface area (TPSA) is 41.1 Å². The first kappa shape index (κ1) is 15.9. The van der Waals surface area contributed by atoms with Crippen LogP contribution in [0.1, 0.15) is 22.1 Å². The maximum atomic E-state index is 12.5. The Labute approximate surface area is 151 Å². The highest BCUT2D eigenvalue weighted by Gasteiger charge is 2.44. The van der Waals surface area contributed by atoms with E-state index in [2.05, 4.69) is 29.7 Å². The molecule has 4 heteroatoms. The van der Waals surface area contributed by atoms with Crippen molar-refractivity contribution in [1.29, 1.82) is 0 Å². The largest absolute Gasteiger partial charge is 0.355 e. The van der Waals surface area contributed by atoms with Gasteiger partial charge in [0.25, 0.3) is 0 Å². The van der Waals surface area contributed by atoms with Crippen LogP contribution in [-0.4, -0.2) is 5.91 Å². The van der Waals surface area contributed by atoms with Crippen LogP contribution >= 0.6 is 11.3 Å². The Kier molecular flexibility index (Phi) is 4.28. The second kappa shape index (κ2) is 6.73. The summed E-state index contributed by atoms with van der Waals surface area (Å²) in [7, 11) is 0. The number of anilines is 3. The summed E-state index contributed by atoms with van der Waals surface area (Å²) in [4.78, 5) is 15.1. The molecule has 3 nitrogen and oxygen atoms in total. The predicted molar refractivity (Wildman–Crippen MR) is 105 cm³/mol. The van der Waals surface area contributed by atoms with Gasteiger partial charge >= 0.3 is 0 Å². The van der Waals surface area contributed by atoms with Gasteiger partial charge in [-0.1, -0.05) is 24.3 Å². The number of amides is 1. The Balaban J connectivity index is 1.40. The van der Waals surface area contributed by atoms with Crippen LogP contribution < -0.4 is 10.6 Å². The van der Waals surface area contributed by atoms with Crippen molar-refractivity contribution >= 4 is 34.3 Å². The molecular formula is C21H20N2OS. The second-order valence-electron chi connectivity index (χ2n) is 6.46.